The maximum Gasteiger partial charge on any atom is 0.118 e. The molecule has 0 saturated carbocycles. The van der Waals surface area contributed by atoms with E-state index in [9.17, 15) is 0 Å². The van der Waals surface area contributed by atoms with E-state index in [1.54, 1.807) is 7.11 Å². The Morgan fingerprint density at radius 3 is 2.52 bits per heavy atom. The predicted octanol–water partition coefficient (Wildman–Crippen LogP) is 4.32. The van der Waals surface area contributed by atoms with Crippen molar-refractivity contribution in [2.75, 3.05) is 20.2 Å². The quantitative estimate of drug-likeness (QED) is 0.894. The van der Waals surface area contributed by atoms with E-state index in [0.29, 0.717) is 11.8 Å². The summed E-state index contributed by atoms with van der Waals surface area (Å²) in [5.41, 5.74) is 2.79. The molecule has 21 heavy (non-hydrogen) atoms. The lowest BCUT2D eigenvalue weighted by Crippen LogP contribution is -2.34. The summed E-state index contributed by atoms with van der Waals surface area (Å²) in [7, 11) is 1.71. The molecule has 0 bridgehead atoms. The Labute approximate surface area is 134 Å². The van der Waals surface area contributed by atoms with Crippen molar-refractivity contribution in [2.45, 2.75) is 18.3 Å². The summed E-state index contributed by atoms with van der Waals surface area (Å²) in [6, 6.07) is 17.1. The third kappa shape index (κ3) is 3.14. The first kappa shape index (κ1) is 14.6. The zero-order valence-electron chi connectivity index (χ0n) is 12.2. The van der Waals surface area contributed by atoms with Crippen LogP contribution in [0.3, 0.4) is 0 Å². The molecule has 3 rings (SSSR count). The van der Waals surface area contributed by atoms with Gasteiger partial charge in [-0.25, -0.2) is 0 Å². The molecule has 2 unspecified atom stereocenters. The van der Waals surface area contributed by atoms with Crippen molar-refractivity contribution in [3.63, 3.8) is 0 Å². The molecule has 1 saturated heterocycles. The predicted molar refractivity (Wildman–Crippen MR) is 90.1 cm³/mol. The van der Waals surface area contributed by atoms with Crippen LogP contribution < -0.4 is 10.1 Å². The molecule has 2 nitrogen and oxygen atoms in total. The number of piperidine rings is 1. The molecule has 1 heterocycles. The number of halogens is 1. The summed E-state index contributed by atoms with van der Waals surface area (Å²) >= 11 is 3.71. The Bertz CT molecular complexity index is 596. The number of rotatable bonds is 3. The van der Waals surface area contributed by atoms with Crippen molar-refractivity contribution in [3.8, 4) is 5.75 Å². The highest BCUT2D eigenvalue weighted by atomic mass is 79.9. The number of ether oxygens (including phenoxy) is 1. The van der Waals surface area contributed by atoms with Gasteiger partial charge in [0.2, 0.25) is 0 Å². The highest BCUT2D eigenvalue weighted by molar-refractivity contribution is 9.10. The normalized spacial score (nSPS) is 22.0. The zero-order chi connectivity index (χ0) is 14.7. The summed E-state index contributed by atoms with van der Waals surface area (Å²) in [5.74, 6) is 1.98. The number of hydrogen-bond donors (Lipinski definition) is 1. The maximum atomic E-state index is 5.27. The monoisotopic (exact) mass is 345 g/mol. The SMILES string of the molecule is COc1ccc(C2CCNCC2c2ccccc2Br)cc1. The summed E-state index contributed by atoms with van der Waals surface area (Å²) < 4.78 is 6.47. The van der Waals surface area contributed by atoms with Crippen molar-refractivity contribution >= 4 is 15.9 Å². The second-order valence-electron chi connectivity index (χ2n) is 5.50. The summed E-state index contributed by atoms with van der Waals surface area (Å²) in [6.07, 6.45) is 1.17. The number of hydrogen-bond acceptors (Lipinski definition) is 2. The van der Waals surface area contributed by atoms with Crippen LogP contribution in [0.2, 0.25) is 0 Å². The van der Waals surface area contributed by atoms with Crippen LogP contribution in [-0.2, 0) is 0 Å². The number of nitrogens with one attached hydrogen (secondary N) is 1. The first-order valence-corrected chi connectivity index (χ1v) is 8.18. The van der Waals surface area contributed by atoms with Gasteiger partial charge in [-0.3, -0.25) is 0 Å². The van der Waals surface area contributed by atoms with Gasteiger partial charge in [0, 0.05) is 16.9 Å². The fourth-order valence-corrected chi connectivity index (χ4v) is 3.79. The molecule has 1 fully saturated rings. The molecule has 1 N–H and O–H groups in total. The van der Waals surface area contributed by atoms with Crippen LogP contribution in [0.1, 0.15) is 29.4 Å². The molecule has 2 aromatic carbocycles. The molecule has 1 aliphatic heterocycles. The fourth-order valence-electron chi connectivity index (χ4n) is 3.21. The standard InChI is InChI=1S/C18H20BrNO/c1-21-14-8-6-13(7-9-14)15-10-11-20-12-17(15)16-4-2-3-5-18(16)19/h2-9,15,17,20H,10-12H2,1H3. The molecular formula is C18H20BrNO. The van der Waals surface area contributed by atoms with E-state index in [-0.39, 0.29) is 0 Å². The molecule has 0 aliphatic carbocycles. The molecule has 0 amide bonds. The summed E-state index contributed by atoms with van der Waals surface area (Å²) in [4.78, 5) is 0. The van der Waals surface area contributed by atoms with Crippen molar-refractivity contribution < 1.29 is 4.74 Å². The highest BCUT2D eigenvalue weighted by Crippen LogP contribution is 2.40. The largest absolute Gasteiger partial charge is 0.497 e. The fraction of sp³-hybridized carbons (Fsp3) is 0.333. The molecule has 0 aromatic heterocycles. The van der Waals surface area contributed by atoms with E-state index in [2.05, 4.69) is 69.8 Å². The number of benzene rings is 2. The molecule has 110 valence electrons. The zero-order valence-corrected chi connectivity index (χ0v) is 13.8. The van der Waals surface area contributed by atoms with Gasteiger partial charge in [0.05, 0.1) is 7.11 Å². The van der Waals surface area contributed by atoms with Crippen molar-refractivity contribution in [2.24, 2.45) is 0 Å². The van der Waals surface area contributed by atoms with Crippen molar-refractivity contribution in [3.05, 3.63) is 64.1 Å². The van der Waals surface area contributed by atoms with E-state index in [1.165, 1.54) is 22.0 Å². The maximum absolute atomic E-state index is 5.27. The molecule has 1 aliphatic rings. The van der Waals surface area contributed by atoms with E-state index in [0.717, 1.165) is 18.8 Å². The average Bonchev–Trinajstić information content (AvgIpc) is 2.55. The van der Waals surface area contributed by atoms with Crippen LogP contribution in [0.15, 0.2) is 53.0 Å². The molecular weight excluding hydrogens is 326 g/mol. The molecule has 3 heteroatoms. The lowest BCUT2D eigenvalue weighted by molar-refractivity contribution is 0.400. The van der Waals surface area contributed by atoms with E-state index >= 15 is 0 Å². The van der Waals surface area contributed by atoms with Crippen LogP contribution in [0, 0.1) is 0 Å². The first-order valence-electron chi connectivity index (χ1n) is 7.38. The van der Waals surface area contributed by atoms with Gasteiger partial charge >= 0.3 is 0 Å². The lowest BCUT2D eigenvalue weighted by atomic mass is 9.77. The Hall–Kier alpha value is -1.32. The Morgan fingerprint density at radius 1 is 1.05 bits per heavy atom. The molecule has 2 aromatic rings. The van der Waals surface area contributed by atoms with Gasteiger partial charge < -0.3 is 10.1 Å². The Balaban J connectivity index is 1.92. The minimum atomic E-state index is 0.503. The minimum absolute atomic E-state index is 0.503. The van der Waals surface area contributed by atoms with E-state index in [1.807, 2.05) is 0 Å². The topological polar surface area (TPSA) is 21.3 Å². The lowest BCUT2D eigenvalue weighted by Gasteiger charge is -2.33. The third-order valence-electron chi connectivity index (χ3n) is 4.33. The first-order chi connectivity index (χ1) is 10.3. The minimum Gasteiger partial charge on any atom is -0.497 e. The Morgan fingerprint density at radius 2 is 1.81 bits per heavy atom. The van der Waals surface area contributed by atoms with Crippen LogP contribution in [0.25, 0.3) is 0 Å². The van der Waals surface area contributed by atoms with Crippen LogP contribution >= 0.6 is 15.9 Å². The van der Waals surface area contributed by atoms with E-state index < -0.39 is 0 Å². The van der Waals surface area contributed by atoms with Crippen LogP contribution in [0.5, 0.6) is 5.75 Å². The smallest absolute Gasteiger partial charge is 0.118 e. The van der Waals surface area contributed by atoms with E-state index in [4.69, 9.17) is 4.74 Å². The van der Waals surface area contributed by atoms with Gasteiger partial charge in [-0.2, -0.15) is 0 Å². The molecule has 2 atom stereocenters. The average molecular weight is 346 g/mol. The van der Waals surface area contributed by atoms with Crippen molar-refractivity contribution in [1.82, 2.24) is 5.32 Å². The third-order valence-corrected chi connectivity index (χ3v) is 5.05. The van der Waals surface area contributed by atoms with Gasteiger partial charge in [0.1, 0.15) is 5.75 Å². The second kappa shape index (κ2) is 6.63. The van der Waals surface area contributed by atoms with Gasteiger partial charge in [-0.1, -0.05) is 46.3 Å². The van der Waals surface area contributed by atoms with Crippen LogP contribution in [0.4, 0.5) is 0 Å². The highest BCUT2D eigenvalue weighted by Gasteiger charge is 2.28. The van der Waals surface area contributed by atoms with Gasteiger partial charge in [-0.15, -0.1) is 0 Å². The molecule has 0 radical (unpaired) electrons. The van der Waals surface area contributed by atoms with Gasteiger partial charge in [0.15, 0.2) is 0 Å². The van der Waals surface area contributed by atoms with Gasteiger partial charge in [0.25, 0.3) is 0 Å². The Kier molecular flexibility index (Phi) is 4.61. The second-order valence-corrected chi connectivity index (χ2v) is 6.35. The van der Waals surface area contributed by atoms with Crippen molar-refractivity contribution in [1.29, 1.82) is 0 Å². The van der Waals surface area contributed by atoms with Crippen LogP contribution in [-0.4, -0.2) is 20.2 Å². The van der Waals surface area contributed by atoms with Gasteiger partial charge in [-0.05, 0) is 48.2 Å². The summed E-state index contributed by atoms with van der Waals surface area (Å²) in [5, 5.41) is 3.54. The molecule has 0 spiro atoms. The number of methoxy groups -OCH3 is 1. The summed E-state index contributed by atoms with van der Waals surface area (Å²) in [6.45, 7) is 2.11.